The Morgan fingerprint density at radius 3 is 1.25 bits per heavy atom. The van der Waals surface area contributed by atoms with Crippen LogP contribution in [-0.2, 0) is 0 Å². The zero-order valence-corrected chi connectivity index (χ0v) is 5.79. The second kappa shape index (κ2) is 28.8. The molecule has 2 heteroatoms. The van der Waals surface area contributed by atoms with Crippen molar-refractivity contribution >= 4 is 23.1 Å². The maximum atomic E-state index is 3.25. The van der Waals surface area contributed by atoms with Crippen LogP contribution in [0.4, 0.5) is 0 Å². The molecule has 4 heavy (non-hydrogen) atoms. The molecule has 0 nitrogen and oxygen atoms in total. The van der Waals surface area contributed by atoms with Gasteiger partial charge in [-0.25, -0.2) is 0 Å². The quantitative estimate of drug-likeness (QED) is 0.195. The molecule has 0 bridgehead atoms. The molecule has 0 aliphatic heterocycles. The molecule has 0 N–H and O–H groups in total. The summed E-state index contributed by atoms with van der Waals surface area (Å²) in [4.78, 5) is 0. The molecule has 0 heterocycles. The van der Waals surface area contributed by atoms with Gasteiger partial charge in [0, 0.05) is 0 Å². The van der Waals surface area contributed by atoms with Gasteiger partial charge in [-0.3, -0.25) is 0 Å². The van der Waals surface area contributed by atoms with Crippen molar-refractivity contribution in [3.05, 3.63) is 6.92 Å². The third-order valence-corrected chi connectivity index (χ3v) is 0. The standard InChI is InChI=1S/C2H5.BrH.Mg/c1-2;;/h1H2,2H3;1H;/q-1;;+2/p-1/i1+1;;. The first-order valence-corrected chi connectivity index (χ1v) is 0.707. The molecule has 0 aromatic carbocycles. The molecule has 0 unspecified atom stereocenters. The third kappa shape index (κ3) is 10.5. The predicted molar refractivity (Wildman–Crippen MR) is 16.8 cm³/mol. The number of hydrogen-bond donors (Lipinski definition) is 0. The molecule has 0 spiro atoms. The van der Waals surface area contributed by atoms with Gasteiger partial charge < -0.3 is 23.9 Å². The monoisotopic (exact) mass is 133 g/mol. The Morgan fingerprint density at radius 2 is 1.25 bits per heavy atom. The number of hydrogen-bond acceptors (Lipinski definition) is 0. The van der Waals surface area contributed by atoms with Crippen molar-refractivity contribution in [2.24, 2.45) is 0 Å². The van der Waals surface area contributed by atoms with Crippen LogP contribution >= 0.6 is 0 Å². The van der Waals surface area contributed by atoms with E-state index in [1.807, 2.05) is 0 Å². The Morgan fingerprint density at radius 1 is 1.25 bits per heavy atom. The summed E-state index contributed by atoms with van der Waals surface area (Å²) >= 11 is 0. The van der Waals surface area contributed by atoms with Gasteiger partial charge in [0.15, 0.2) is 0 Å². The molecule has 0 rings (SSSR count). The molecule has 0 aliphatic rings. The van der Waals surface area contributed by atoms with Crippen molar-refractivity contribution in [1.82, 2.24) is 0 Å². The Labute approximate surface area is 53.9 Å². The zero-order valence-electron chi connectivity index (χ0n) is 2.79. The topological polar surface area (TPSA) is 0 Å². The van der Waals surface area contributed by atoms with Gasteiger partial charge in [-0.15, -0.1) is 0 Å². The Kier molecular flexibility index (Phi) is 135. The second-order valence-corrected chi connectivity index (χ2v) is 0. The van der Waals surface area contributed by atoms with E-state index in [0.717, 1.165) is 0 Å². The SMILES string of the molecule is C[13CH2-].[Br-].[Mg+2]. The van der Waals surface area contributed by atoms with Gasteiger partial charge in [-0.2, -0.15) is 6.92 Å². The van der Waals surface area contributed by atoms with Gasteiger partial charge in [-0.05, 0) is 0 Å². The second-order valence-electron chi connectivity index (χ2n) is 0. The Hall–Kier alpha value is 1.25. The maximum Gasteiger partial charge on any atom is 2.00 e. The van der Waals surface area contributed by atoms with E-state index in [2.05, 4.69) is 6.92 Å². The summed E-state index contributed by atoms with van der Waals surface area (Å²) in [5.74, 6) is 0. The molecule has 0 saturated carbocycles. The fraction of sp³-hybridized carbons (Fsp3) is 0.500. The van der Waals surface area contributed by atoms with E-state index < -0.39 is 0 Å². The predicted octanol–water partition coefficient (Wildman–Crippen LogP) is -2.54. The van der Waals surface area contributed by atoms with Crippen LogP contribution in [0.15, 0.2) is 0 Å². The Balaban J connectivity index is -0.00000000500. The van der Waals surface area contributed by atoms with Crippen LogP contribution in [0.5, 0.6) is 0 Å². The molecule has 0 aliphatic carbocycles. The minimum atomic E-state index is 0. The molecular weight excluding hydrogens is 129 g/mol. The molecule has 0 aromatic heterocycles. The summed E-state index contributed by atoms with van der Waals surface area (Å²) in [5.41, 5.74) is 0. The van der Waals surface area contributed by atoms with Crippen LogP contribution in [0.2, 0.25) is 0 Å². The van der Waals surface area contributed by atoms with Crippen LogP contribution in [0.1, 0.15) is 6.92 Å². The van der Waals surface area contributed by atoms with E-state index in [1.54, 1.807) is 6.92 Å². The minimum Gasteiger partial charge on any atom is -1.00 e. The van der Waals surface area contributed by atoms with Gasteiger partial charge in [0.1, 0.15) is 0 Å². The summed E-state index contributed by atoms with van der Waals surface area (Å²) in [6, 6.07) is 0. The summed E-state index contributed by atoms with van der Waals surface area (Å²) in [7, 11) is 0. The van der Waals surface area contributed by atoms with E-state index in [0.29, 0.717) is 0 Å². The van der Waals surface area contributed by atoms with Gasteiger partial charge in [0.2, 0.25) is 0 Å². The van der Waals surface area contributed by atoms with E-state index in [1.165, 1.54) is 0 Å². The largest absolute Gasteiger partial charge is 2.00 e. The van der Waals surface area contributed by atoms with Crippen molar-refractivity contribution in [2.75, 3.05) is 0 Å². The zero-order chi connectivity index (χ0) is 2.00. The summed E-state index contributed by atoms with van der Waals surface area (Å²) in [6.07, 6.45) is 0. The van der Waals surface area contributed by atoms with E-state index in [4.69, 9.17) is 0 Å². The molecule has 0 radical (unpaired) electrons. The summed E-state index contributed by atoms with van der Waals surface area (Å²) in [5, 5.41) is 0. The molecule has 0 atom stereocenters. The smallest absolute Gasteiger partial charge is 1.00 e. The van der Waals surface area contributed by atoms with E-state index >= 15 is 0 Å². The van der Waals surface area contributed by atoms with Gasteiger partial charge in [0.05, 0.1) is 0 Å². The van der Waals surface area contributed by atoms with Crippen molar-refractivity contribution < 1.29 is 17.0 Å². The molecule has 0 fully saturated rings. The van der Waals surface area contributed by atoms with Crippen molar-refractivity contribution in [1.29, 1.82) is 0 Å². The van der Waals surface area contributed by atoms with Crippen LogP contribution in [0.3, 0.4) is 0 Å². The van der Waals surface area contributed by atoms with Gasteiger partial charge in [0.25, 0.3) is 0 Å². The van der Waals surface area contributed by atoms with Gasteiger partial charge >= 0.3 is 23.1 Å². The van der Waals surface area contributed by atoms with Crippen molar-refractivity contribution in [3.63, 3.8) is 0 Å². The fourth-order valence-electron chi connectivity index (χ4n) is 0. The Bertz CT molecular complexity index is 6.00. The minimum absolute atomic E-state index is 0. The molecular formula is C2H5BrMg. The van der Waals surface area contributed by atoms with Crippen LogP contribution in [-0.4, -0.2) is 23.1 Å². The molecule has 22 valence electrons. The number of rotatable bonds is 0. The first-order chi connectivity index (χ1) is 1.00. The molecule has 0 aromatic rings. The molecule has 0 saturated heterocycles. The van der Waals surface area contributed by atoms with Gasteiger partial charge in [-0.1, -0.05) is 0 Å². The van der Waals surface area contributed by atoms with Crippen LogP contribution < -0.4 is 17.0 Å². The summed E-state index contributed by atoms with van der Waals surface area (Å²) < 4.78 is 0. The first-order valence-electron chi connectivity index (χ1n) is 0.707. The first kappa shape index (κ1) is 18.7. The third-order valence-electron chi connectivity index (χ3n) is 0. The molecule has 0 amide bonds. The fourth-order valence-corrected chi connectivity index (χ4v) is 0. The normalized spacial score (nSPS) is 1.50. The summed E-state index contributed by atoms with van der Waals surface area (Å²) in [6.45, 7) is 5.00. The van der Waals surface area contributed by atoms with E-state index in [9.17, 15) is 0 Å². The number of halogens is 1. The van der Waals surface area contributed by atoms with Crippen LogP contribution in [0, 0.1) is 6.92 Å². The van der Waals surface area contributed by atoms with Crippen LogP contribution in [0.25, 0.3) is 0 Å². The van der Waals surface area contributed by atoms with Crippen molar-refractivity contribution in [2.45, 2.75) is 6.92 Å². The average molecular weight is 134 g/mol. The van der Waals surface area contributed by atoms with Crippen molar-refractivity contribution in [3.8, 4) is 0 Å². The maximum absolute atomic E-state index is 3.25. The van der Waals surface area contributed by atoms with E-state index in [-0.39, 0.29) is 40.0 Å². The average Bonchev–Trinajstić information content (AvgIpc) is 1.00.